The summed E-state index contributed by atoms with van der Waals surface area (Å²) in [4.78, 5) is 0. The Morgan fingerprint density at radius 2 is 2.27 bits per heavy atom. The highest BCUT2D eigenvalue weighted by Crippen LogP contribution is 2.27. The molecule has 1 atom stereocenters. The Morgan fingerprint density at radius 3 is 2.80 bits per heavy atom. The summed E-state index contributed by atoms with van der Waals surface area (Å²) in [6.45, 7) is 8.20. The standard InChI is InChI=1S/C12H16BrNO/c1-8(2)7-15-12-5-4-10(13)6-11(12)9(3)14/h4-6,9H,1,7,14H2,2-3H3/t9-/m0/s1. The quantitative estimate of drug-likeness (QED) is 0.851. The monoisotopic (exact) mass is 269 g/mol. The van der Waals surface area contributed by atoms with E-state index in [0.717, 1.165) is 21.4 Å². The van der Waals surface area contributed by atoms with Gasteiger partial charge >= 0.3 is 0 Å². The van der Waals surface area contributed by atoms with Crippen LogP contribution in [0.4, 0.5) is 0 Å². The van der Waals surface area contributed by atoms with Crippen LogP contribution < -0.4 is 10.5 Å². The topological polar surface area (TPSA) is 35.2 Å². The van der Waals surface area contributed by atoms with E-state index < -0.39 is 0 Å². The zero-order valence-corrected chi connectivity index (χ0v) is 10.7. The number of benzene rings is 1. The summed E-state index contributed by atoms with van der Waals surface area (Å²) in [5.41, 5.74) is 7.87. The van der Waals surface area contributed by atoms with Crippen LogP contribution in [0.3, 0.4) is 0 Å². The van der Waals surface area contributed by atoms with Crippen molar-refractivity contribution < 1.29 is 4.74 Å². The Hall–Kier alpha value is -0.800. The van der Waals surface area contributed by atoms with Crippen LogP contribution in [-0.2, 0) is 0 Å². The molecule has 1 aromatic rings. The van der Waals surface area contributed by atoms with Gasteiger partial charge in [0.25, 0.3) is 0 Å². The first-order valence-electron chi connectivity index (χ1n) is 4.83. The van der Waals surface area contributed by atoms with Gasteiger partial charge in [0, 0.05) is 16.1 Å². The van der Waals surface area contributed by atoms with Gasteiger partial charge in [0.15, 0.2) is 0 Å². The highest BCUT2D eigenvalue weighted by Gasteiger charge is 2.08. The lowest BCUT2D eigenvalue weighted by Crippen LogP contribution is -2.09. The van der Waals surface area contributed by atoms with Crippen molar-refractivity contribution >= 4 is 15.9 Å². The van der Waals surface area contributed by atoms with Crippen molar-refractivity contribution in [1.29, 1.82) is 0 Å². The van der Waals surface area contributed by atoms with Crippen molar-refractivity contribution in [2.75, 3.05) is 6.61 Å². The fourth-order valence-corrected chi connectivity index (χ4v) is 1.59. The molecule has 82 valence electrons. The molecule has 0 amide bonds. The summed E-state index contributed by atoms with van der Waals surface area (Å²) in [5.74, 6) is 0.830. The van der Waals surface area contributed by atoms with Crippen molar-refractivity contribution in [3.8, 4) is 5.75 Å². The predicted octanol–water partition coefficient (Wildman–Crippen LogP) is 3.42. The zero-order valence-electron chi connectivity index (χ0n) is 9.09. The summed E-state index contributed by atoms with van der Waals surface area (Å²) in [5, 5.41) is 0. The molecule has 0 bridgehead atoms. The van der Waals surface area contributed by atoms with Gasteiger partial charge in [-0.15, -0.1) is 0 Å². The minimum absolute atomic E-state index is 0.0392. The number of hydrogen-bond acceptors (Lipinski definition) is 2. The van der Waals surface area contributed by atoms with Gasteiger partial charge in [0.1, 0.15) is 12.4 Å². The Kier molecular flexibility index (Phi) is 4.36. The van der Waals surface area contributed by atoms with Crippen molar-refractivity contribution in [3.63, 3.8) is 0 Å². The number of nitrogens with two attached hydrogens (primary N) is 1. The second-order valence-corrected chi connectivity index (χ2v) is 4.63. The minimum atomic E-state index is -0.0392. The third-order valence-corrected chi connectivity index (χ3v) is 2.43. The van der Waals surface area contributed by atoms with Gasteiger partial charge < -0.3 is 10.5 Å². The third-order valence-electron chi connectivity index (χ3n) is 1.94. The molecule has 1 rings (SSSR count). The lowest BCUT2D eigenvalue weighted by atomic mass is 10.1. The predicted molar refractivity (Wildman–Crippen MR) is 67.1 cm³/mol. The molecule has 0 spiro atoms. The van der Waals surface area contributed by atoms with Gasteiger partial charge in [-0.3, -0.25) is 0 Å². The maximum Gasteiger partial charge on any atom is 0.124 e. The van der Waals surface area contributed by atoms with Gasteiger partial charge in [0.05, 0.1) is 0 Å². The lowest BCUT2D eigenvalue weighted by molar-refractivity contribution is 0.347. The normalized spacial score (nSPS) is 12.3. The molecule has 0 unspecified atom stereocenters. The van der Waals surface area contributed by atoms with E-state index in [4.69, 9.17) is 10.5 Å². The minimum Gasteiger partial charge on any atom is -0.489 e. The fourth-order valence-electron chi connectivity index (χ4n) is 1.21. The number of ether oxygens (including phenoxy) is 1. The van der Waals surface area contributed by atoms with Gasteiger partial charge in [-0.1, -0.05) is 22.5 Å². The zero-order chi connectivity index (χ0) is 11.4. The first-order valence-corrected chi connectivity index (χ1v) is 5.62. The molecule has 0 aliphatic carbocycles. The maximum atomic E-state index is 5.87. The van der Waals surface area contributed by atoms with Crippen LogP contribution in [0.1, 0.15) is 25.5 Å². The second kappa shape index (κ2) is 5.33. The van der Waals surface area contributed by atoms with Crippen molar-refractivity contribution in [3.05, 3.63) is 40.4 Å². The van der Waals surface area contributed by atoms with Crippen LogP contribution in [0.25, 0.3) is 0 Å². The molecular weight excluding hydrogens is 254 g/mol. The van der Waals surface area contributed by atoms with Crippen molar-refractivity contribution in [2.45, 2.75) is 19.9 Å². The van der Waals surface area contributed by atoms with E-state index in [1.165, 1.54) is 0 Å². The average molecular weight is 270 g/mol. The number of hydrogen-bond donors (Lipinski definition) is 1. The van der Waals surface area contributed by atoms with Crippen LogP contribution in [0.5, 0.6) is 5.75 Å². The van der Waals surface area contributed by atoms with E-state index in [2.05, 4.69) is 22.5 Å². The molecule has 3 heteroatoms. The van der Waals surface area contributed by atoms with E-state index in [1.807, 2.05) is 32.0 Å². The molecule has 0 radical (unpaired) electrons. The Labute approximate surface area is 99.3 Å². The highest BCUT2D eigenvalue weighted by molar-refractivity contribution is 9.10. The summed E-state index contributed by atoms with van der Waals surface area (Å²) in [7, 11) is 0. The summed E-state index contributed by atoms with van der Waals surface area (Å²) in [6.07, 6.45) is 0. The molecule has 2 nitrogen and oxygen atoms in total. The fraction of sp³-hybridized carbons (Fsp3) is 0.333. The maximum absolute atomic E-state index is 5.87. The Balaban J connectivity index is 2.90. The molecule has 0 aliphatic heterocycles. The smallest absolute Gasteiger partial charge is 0.124 e. The van der Waals surface area contributed by atoms with E-state index in [-0.39, 0.29) is 6.04 Å². The highest BCUT2D eigenvalue weighted by atomic mass is 79.9. The van der Waals surface area contributed by atoms with Gasteiger partial charge in [-0.25, -0.2) is 0 Å². The molecule has 0 saturated carbocycles. The average Bonchev–Trinajstić information content (AvgIpc) is 2.15. The summed E-state index contributed by atoms with van der Waals surface area (Å²) >= 11 is 3.42. The lowest BCUT2D eigenvalue weighted by Gasteiger charge is -2.14. The Morgan fingerprint density at radius 1 is 1.60 bits per heavy atom. The van der Waals surface area contributed by atoms with E-state index in [1.54, 1.807) is 0 Å². The molecule has 15 heavy (non-hydrogen) atoms. The van der Waals surface area contributed by atoms with Crippen molar-refractivity contribution in [2.24, 2.45) is 5.73 Å². The first-order chi connectivity index (χ1) is 7.00. The van der Waals surface area contributed by atoms with E-state index in [0.29, 0.717) is 6.61 Å². The molecule has 0 fully saturated rings. The SMILES string of the molecule is C=C(C)COc1ccc(Br)cc1[C@H](C)N. The Bertz CT molecular complexity index is 361. The summed E-state index contributed by atoms with van der Waals surface area (Å²) < 4.78 is 6.63. The molecular formula is C12H16BrNO. The largest absolute Gasteiger partial charge is 0.489 e. The van der Waals surface area contributed by atoms with Crippen molar-refractivity contribution in [1.82, 2.24) is 0 Å². The van der Waals surface area contributed by atoms with Crippen LogP contribution >= 0.6 is 15.9 Å². The molecule has 0 aromatic heterocycles. The third kappa shape index (κ3) is 3.68. The van der Waals surface area contributed by atoms with E-state index >= 15 is 0 Å². The first kappa shape index (κ1) is 12.3. The van der Waals surface area contributed by atoms with Crippen LogP contribution in [-0.4, -0.2) is 6.61 Å². The molecule has 0 heterocycles. The van der Waals surface area contributed by atoms with Gasteiger partial charge in [-0.05, 0) is 37.6 Å². The second-order valence-electron chi connectivity index (χ2n) is 3.72. The van der Waals surface area contributed by atoms with Gasteiger partial charge in [0.2, 0.25) is 0 Å². The van der Waals surface area contributed by atoms with Crippen LogP contribution in [0, 0.1) is 0 Å². The van der Waals surface area contributed by atoms with Crippen LogP contribution in [0.15, 0.2) is 34.8 Å². The molecule has 0 aliphatic rings. The number of rotatable bonds is 4. The van der Waals surface area contributed by atoms with Crippen LogP contribution in [0.2, 0.25) is 0 Å². The summed E-state index contributed by atoms with van der Waals surface area (Å²) in [6, 6.07) is 5.81. The van der Waals surface area contributed by atoms with E-state index in [9.17, 15) is 0 Å². The molecule has 1 aromatic carbocycles. The molecule has 0 saturated heterocycles. The van der Waals surface area contributed by atoms with Gasteiger partial charge in [-0.2, -0.15) is 0 Å². The number of halogens is 1. The molecule has 2 N–H and O–H groups in total.